The van der Waals surface area contributed by atoms with Crippen molar-refractivity contribution < 1.29 is 18.1 Å². The van der Waals surface area contributed by atoms with E-state index >= 15 is 0 Å². The maximum Gasteiger partial charge on any atom is 0.284 e. The highest BCUT2D eigenvalue weighted by molar-refractivity contribution is 6.16. The number of hydrogen-bond donors (Lipinski definition) is 0. The third-order valence-electron chi connectivity index (χ3n) is 1.60. The number of halogens is 4. The number of alkyl halides is 3. The van der Waals surface area contributed by atoms with Crippen LogP contribution < -0.4 is 0 Å². The first-order valence-electron chi connectivity index (χ1n) is 3.65. The predicted octanol–water partition coefficient (Wildman–Crippen LogP) is 2.81. The molecule has 0 unspecified atom stereocenters. The lowest BCUT2D eigenvalue weighted by Gasteiger charge is -2.04. The molecule has 0 aromatic carbocycles. The van der Waals surface area contributed by atoms with E-state index < -0.39 is 28.5 Å². The van der Waals surface area contributed by atoms with Crippen LogP contribution >= 0.6 is 11.6 Å². The summed E-state index contributed by atoms with van der Waals surface area (Å²) in [6.07, 6.45) is -3.29. The molecule has 0 aliphatic carbocycles. The summed E-state index contributed by atoms with van der Waals surface area (Å²) < 4.78 is 37.5. The normalized spacial score (nSPS) is 10.7. The van der Waals surface area contributed by atoms with Gasteiger partial charge < -0.3 is 0 Å². The highest BCUT2D eigenvalue weighted by Gasteiger charge is 2.28. The summed E-state index contributed by atoms with van der Waals surface area (Å²) in [5.74, 6) is -1.85. The predicted molar refractivity (Wildman–Crippen MR) is 45.4 cm³/mol. The Hall–Kier alpha value is -1.37. The monoisotopic (exact) mass is 240 g/mol. The van der Waals surface area contributed by atoms with E-state index in [9.17, 15) is 23.3 Å². The van der Waals surface area contributed by atoms with Crippen molar-refractivity contribution in [1.29, 1.82) is 0 Å². The second-order valence-electron chi connectivity index (χ2n) is 2.53. The van der Waals surface area contributed by atoms with Crippen LogP contribution in [0.4, 0.5) is 18.9 Å². The fraction of sp³-hybridized carbons (Fsp3) is 0.286. The Morgan fingerprint density at radius 2 is 2.20 bits per heavy atom. The van der Waals surface area contributed by atoms with E-state index in [4.69, 9.17) is 11.6 Å². The van der Waals surface area contributed by atoms with Gasteiger partial charge in [-0.25, -0.2) is 13.8 Å². The Balaban J connectivity index is 3.42. The molecule has 0 radical (unpaired) electrons. The van der Waals surface area contributed by atoms with E-state index in [0.29, 0.717) is 0 Å². The molecule has 8 heteroatoms. The first kappa shape index (κ1) is 11.7. The number of nitro groups is 1. The minimum Gasteiger partial charge on any atom is -0.258 e. The Morgan fingerprint density at radius 3 is 2.60 bits per heavy atom. The lowest BCUT2D eigenvalue weighted by Crippen LogP contribution is -2.04. The lowest BCUT2D eigenvalue weighted by molar-refractivity contribution is -0.386. The molecule has 0 amide bonds. The molecule has 0 atom stereocenters. The third-order valence-corrected chi connectivity index (χ3v) is 1.87. The van der Waals surface area contributed by atoms with Crippen molar-refractivity contribution in [2.24, 2.45) is 0 Å². The third kappa shape index (κ3) is 2.35. The molecule has 1 aromatic heterocycles. The van der Waals surface area contributed by atoms with Crippen molar-refractivity contribution in [3.8, 4) is 0 Å². The first-order chi connectivity index (χ1) is 6.97. The minimum absolute atomic E-state index is 0.162. The molecule has 0 aliphatic rings. The van der Waals surface area contributed by atoms with Gasteiger partial charge in [0, 0.05) is 6.07 Å². The van der Waals surface area contributed by atoms with E-state index in [0.717, 1.165) is 6.07 Å². The summed E-state index contributed by atoms with van der Waals surface area (Å²) in [7, 11) is 0. The molecule has 0 bridgehead atoms. The molecule has 1 rings (SSSR count). The summed E-state index contributed by atoms with van der Waals surface area (Å²) in [5, 5.41) is 10.4. The van der Waals surface area contributed by atoms with E-state index in [1.54, 1.807) is 0 Å². The molecule has 15 heavy (non-hydrogen) atoms. The van der Waals surface area contributed by atoms with Gasteiger partial charge in [0.15, 0.2) is 5.56 Å². The Kier molecular flexibility index (Phi) is 3.46. The molecule has 4 nitrogen and oxygen atoms in total. The number of pyridine rings is 1. The molecule has 0 fully saturated rings. The first-order valence-corrected chi connectivity index (χ1v) is 4.18. The van der Waals surface area contributed by atoms with Gasteiger partial charge in [0.05, 0.1) is 16.5 Å². The average Bonchev–Trinajstić information content (AvgIpc) is 2.15. The highest BCUT2D eigenvalue weighted by Crippen LogP contribution is 2.31. The van der Waals surface area contributed by atoms with Crippen molar-refractivity contribution in [3.05, 3.63) is 33.4 Å². The van der Waals surface area contributed by atoms with Gasteiger partial charge in [0.2, 0.25) is 5.95 Å². The van der Waals surface area contributed by atoms with E-state index in [1.807, 2.05) is 0 Å². The summed E-state index contributed by atoms with van der Waals surface area (Å²) in [6, 6.07) is 0.734. The van der Waals surface area contributed by atoms with E-state index in [2.05, 4.69) is 4.98 Å². The molecule has 0 spiro atoms. The van der Waals surface area contributed by atoms with Gasteiger partial charge in [0.1, 0.15) is 0 Å². The van der Waals surface area contributed by atoms with Crippen LogP contribution in [0.5, 0.6) is 0 Å². The summed E-state index contributed by atoms with van der Waals surface area (Å²) in [6.45, 7) is 0. The molecule has 1 aromatic rings. The van der Waals surface area contributed by atoms with Crippen LogP contribution in [-0.4, -0.2) is 9.91 Å². The van der Waals surface area contributed by atoms with Crippen LogP contribution in [0.1, 0.15) is 17.7 Å². The largest absolute Gasteiger partial charge is 0.284 e. The zero-order valence-electron chi connectivity index (χ0n) is 7.08. The maximum atomic E-state index is 13.0. The van der Waals surface area contributed by atoms with Crippen LogP contribution in [0.2, 0.25) is 0 Å². The molecule has 82 valence electrons. The summed E-state index contributed by atoms with van der Waals surface area (Å²) in [4.78, 5) is 12.4. The topological polar surface area (TPSA) is 56.0 Å². The number of aromatic nitrogens is 1. The van der Waals surface area contributed by atoms with Crippen LogP contribution in [0.25, 0.3) is 0 Å². The summed E-state index contributed by atoms with van der Waals surface area (Å²) in [5.41, 5.74) is -2.48. The molecule has 0 saturated heterocycles. The number of rotatable bonds is 3. The smallest absolute Gasteiger partial charge is 0.258 e. The maximum absolute atomic E-state index is 13.0. The second kappa shape index (κ2) is 4.43. The van der Waals surface area contributed by atoms with Gasteiger partial charge in [-0.3, -0.25) is 10.1 Å². The molecular weight excluding hydrogens is 237 g/mol. The lowest BCUT2D eigenvalue weighted by atomic mass is 10.2. The van der Waals surface area contributed by atoms with Crippen molar-refractivity contribution in [1.82, 2.24) is 4.98 Å². The number of hydrogen-bond acceptors (Lipinski definition) is 3. The summed E-state index contributed by atoms with van der Waals surface area (Å²) >= 11 is 5.27. The number of nitrogens with zero attached hydrogens (tertiary/aromatic N) is 2. The van der Waals surface area contributed by atoms with Gasteiger partial charge in [-0.2, -0.15) is 4.39 Å². The molecular formula is C7H4ClF3N2O2. The zero-order chi connectivity index (χ0) is 11.6. The van der Waals surface area contributed by atoms with Crippen molar-refractivity contribution >= 4 is 17.3 Å². The molecule has 0 aliphatic heterocycles. The van der Waals surface area contributed by atoms with Gasteiger partial charge in [-0.05, 0) is 0 Å². The van der Waals surface area contributed by atoms with Crippen LogP contribution in [0.15, 0.2) is 6.07 Å². The highest BCUT2D eigenvalue weighted by atomic mass is 35.5. The Labute approximate surface area is 86.8 Å². The zero-order valence-corrected chi connectivity index (χ0v) is 7.84. The van der Waals surface area contributed by atoms with Crippen molar-refractivity contribution in [2.45, 2.75) is 12.3 Å². The van der Waals surface area contributed by atoms with Crippen LogP contribution in [0, 0.1) is 16.1 Å². The van der Waals surface area contributed by atoms with Gasteiger partial charge in [-0.15, -0.1) is 11.6 Å². The van der Waals surface area contributed by atoms with Crippen molar-refractivity contribution in [3.63, 3.8) is 0 Å². The van der Waals surface area contributed by atoms with E-state index in [1.165, 1.54) is 0 Å². The molecule has 0 saturated carbocycles. The van der Waals surface area contributed by atoms with Crippen molar-refractivity contribution in [2.75, 3.05) is 0 Å². The minimum atomic E-state index is -3.29. The van der Waals surface area contributed by atoms with Gasteiger partial charge in [-0.1, -0.05) is 0 Å². The van der Waals surface area contributed by atoms with Gasteiger partial charge >= 0.3 is 0 Å². The SMILES string of the molecule is O=[N+]([O-])c1cc(CCl)nc(F)c1C(F)F. The standard InChI is InChI=1S/C7H4ClF3N2O2/c8-2-3-1-4(13(14)15)5(6(9)10)7(11)12-3/h1,6H,2H2. The quantitative estimate of drug-likeness (QED) is 0.353. The van der Waals surface area contributed by atoms with Gasteiger partial charge in [0.25, 0.3) is 12.1 Å². The average molecular weight is 241 g/mol. The fourth-order valence-corrected chi connectivity index (χ4v) is 1.12. The second-order valence-corrected chi connectivity index (χ2v) is 2.80. The fourth-order valence-electron chi connectivity index (χ4n) is 0.981. The van der Waals surface area contributed by atoms with Crippen LogP contribution in [-0.2, 0) is 5.88 Å². The van der Waals surface area contributed by atoms with Crippen LogP contribution in [0.3, 0.4) is 0 Å². The molecule has 1 heterocycles. The van der Waals surface area contributed by atoms with E-state index in [-0.39, 0.29) is 11.6 Å². The molecule has 0 N–H and O–H groups in total. The Morgan fingerprint density at radius 1 is 1.60 bits per heavy atom. The Bertz CT molecular complexity index is 400.